The van der Waals surface area contributed by atoms with Gasteiger partial charge in [0.05, 0.1) is 19.8 Å². The minimum absolute atomic E-state index is 0.148. The van der Waals surface area contributed by atoms with Crippen LogP contribution in [0, 0.1) is 0 Å². The van der Waals surface area contributed by atoms with Gasteiger partial charge in [-0.3, -0.25) is 9.09 Å². The number of aliphatic hydroxyl groups excluding tert-OH is 7. The Balaban J connectivity index is 1.87. The normalized spacial score (nSPS) is 38.3. The molecule has 7 N–H and O–H groups in total. The topological polar surface area (TPSA) is 228 Å². The van der Waals surface area contributed by atoms with E-state index in [1.807, 2.05) is 6.08 Å². The minimum Gasteiger partial charge on any atom is -0.756 e. The molecule has 2 aliphatic rings. The first-order valence-electron chi connectivity index (χ1n) is 12.4. The summed E-state index contributed by atoms with van der Waals surface area (Å²) in [5, 5.41) is 69.8. The summed E-state index contributed by atoms with van der Waals surface area (Å²) in [5.41, 5.74) is 0. The molecule has 2 fully saturated rings. The molecule has 0 saturated carbocycles. The van der Waals surface area contributed by atoms with Crippen molar-refractivity contribution in [2.45, 2.75) is 106 Å². The summed E-state index contributed by atoms with van der Waals surface area (Å²) in [6, 6.07) is 0. The van der Waals surface area contributed by atoms with Crippen LogP contribution < -0.4 is 4.89 Å². The van der Waals surface area contributed by atoms with Crippen LogP contribution in [0.5, 0.6) is 0 Å². The molecule has 0 aromatic rings. The van der Waals surface area contributed by atoms with Gasteiger partial charge in [0.25, 0.3) is 7.82 Å². The Labute approximate surface area is 215 Å². The van der Waals surface area contributed by atoms with Gasteiger partial charge in [0.1, 0.15) is 48.8 Å². The van der Waals surface area contributed by atoms with Gasteiger partial charge in [0.15, 0.2) is 12.6 Å². The summed E-state index contributed by atoms with van der Waals surface area (Å²) in [5.74, 6) is 0. The second-order valence-electron chi connectivity index (χ2n) is 9.09. The average molecular weight is 560 g/mol. The predicted octanol–water partition coefficient (Wildman–Crippen LogP) is -1.97. The lowest BCUT2D eigenvalue weighted by molar-refractivity contribution is -0.357. The van der Waals surface area contributed by atoms with Crippen LogP contribution in [0.2, 0.25) is 0 Å². The smallest absolute Gasteiger partial charge is 0.270 e. The molecule has 0 bridgehead atoms. The maximum Gasteiger partial charge on any atom is 0.270 e. The number of hydrogen-bond acceptors (Lipinski definition) is 14. The number of aliphatic hydroxyl groups is 7. The van der Waals surface area contributed by atoms with E-state index in [0.29, 0.717) is 6.42 Å². The zero-order chi connectivity index (χ0) is 27.6. The van der Waals surface area contributed by atoms with Crippen molar-refractivity contribution in [1.29, 1.82) is 0 Å². The van der Waals surface area contributed by atoms with Crippen molar-refractivity contribution in [2.24, 2.45) is 0 Å². The SMILES string of the molecule is C=CCCCCCCCCOP(=O)([O-])O[C@H]1O[C@H](CO)[C@@H](O[C@H]2O[C@H](CO)[C@H](O)[C@H](O)[C@H]2O)[C@H](O)[C@@H]1O. The monoisotopic (exact) mass is 559 g/mol. The number of phosphoric ester groups is 1. The van der Waals surface area contributed by atoms with Gasteiger partial charge in [0.2, 0.25) is 0 Å². The fraction of sp³-hybridized carbons (Fsp3) is 0.909. The summed E-state index contributed by atoms with van der Waals surface area (Å²) in [7, 11) is -4.96. The molecule has 11 atom stereocenters. The van der Waals surface area contributed by atoms with E-state index < -0.39 is 82.4 Å². The number of ether oxygens (including phenoxy) is 3. The highest BCUT2D eigenvalue weighted by atomic mass is 31.2. The molecular formula is C22H40O14P-. The van der Waals surface area contributed by atoms with Gasteiger partial charge >= 0.3 is 0 Å². The number of phosphoric acid groups is 1. The fourth-order valence-electron chi connectivity index (χ4n) is 4.07. The molecule has 15 heteroatoms. The number of allylic oxidation sites excluding steroid dienone is 1. The summed E-state index contributed by atoms with van der Waals surface area (Å²) >= 11 is 0. The minimum atomic E-state index is -4.96. The van der Waals surface area contributed by atoms with Gasteiger partial charge in [-0.2, -0.15) is 0 Å². The van der Waals surface area contributed by atoms with Crippen LogP contribution in [-0.4, -0.2) is 117 Å². The van der Waals surface area contributed by atoms with Crippen LogP contribution in [0.4, 0.5) is 0 Å². The van der Waals surface area contributed by atoms with E-state index >= 15 is 0 Å². The lowest BCUT2D eigenvalue weighted by Gasteiger charge is -2.46. The molecule has 37 heavy (non-hydrogen) atoms. The molecule has 2 saturated heterocycles. The Hall–Kier alpha value is -0.550. The summed E-state index contributed by atoms with van der Waals surface area (Å²) < 4.78 is 37.7. The zero-order valence-electron chi connectivity index (χ0n) is 20.6. The maximum atomic E-state index is 12.2. The summed E-state index contributed by atoms with van der Waals surface area (Å²) in [6.45, 7) is 1.95. The highest BCUT2D eigenvalue weighted by molar-refractivity contribution is 7.45. The first-order chi connectivity index (χ1) is 17.6. The van der Waals surface area contributed by atoms with Crippen LogP contribution in [-0.2, 0) is 27.8 Å². The van der Waals surface area contributed by atoms with E-state index in [0.717, 1.165) is 38.5 Å². The first kappa shape index (κ1) is 32.7. The van der Waals surface area contributed by atoms with E-state index in [9.17, 15) is 45.2 Å². The third kappa shape index (κ3) is 9.55. The fourth-order valence-corrected chi connectivity index (χ4v) is 4.92. The molecule has 14 nitrogen and oxygen atoms in total. The van der Waals surface area contributed by atoms with Gasteiger partial charge in [-0.05, 0) is 19.3 Å². The van der Waals surface area contributed by atoms with Gasteiger partial charge in [-0.1, -0.05) is 31.8 Å². The van der Waals surface area contributed by atoms with E-state index in [1.165, 1.54) is 0 Å². The van der Waals surface area contributed by atoms with Crippen LogP contribution in [0.1, 0.15) is 44.9 Å². The second kappa shape index (κ2) is 15.9. The molecule has 0 aliphatic carbocycles. The van der Waals surface area contributed by atoms with Crippen molar-refractivity contribution >= 4 is 7.82 Å². The van der Waals surface area contributed by atoms with Crippen molar-refractivity contribution in [1.82, 2.24) is 0 Å². The predicted molar refractivity (Wildman–Crippen MR) is 124 cm³/mol. The molecule has 0 amide bonds. The van der Waals surface area contributed by atoms with Gasteiger partial charge in [-0.25, -0.2) is 0 Å². The largest absolute Gasteiger partial charge is 0.756 e. The lowest BCUT2D eigenvalue weighted by atomic mass is 9.97. The molecule has 0 aromatic heterocycles. The molecule has 1 unspecified atom stereocenters. The molecular weight excluding hydrogens is 519 g/mol. The van der Waals surface area contributed by atoms with Gasteiger partial charge < -0.3 is 59.4 Å². The Kier molecular flexibility index (Phi) is 14.0. The van der Waals surface area contributed by atoms with Crippen LogP contribution in [0.15, 0.2) is 12.7 Å². The average Bonchev–Trinajstić information content (AvgIpc) is 2.87. The molecule has 2 rings (SSSR count). The Morgan fingerprint density at radius 3 is 1.97 bits per heavy atom. The van der Waals surface area contributed by atoms with Crippen molar-refractivity contribution in [2.75, 3.05) is 19.8 Å². The zero-order valence-corrected chi connectivity index (χ0v) is 21.5. The molecule has 218 valence electrons. The van der Waals surface area contributed by atoms with E-state index in [2.05, 4.69) is 6.58 Å². The van der Waals surface area contributed by atoms with Crippen molar-refractivity contribution in [3.63, 3.8) is 0 Å². The van der Waals surface area contributed by atoms with Crippen LogP contribution in [0.3, 0.4) is 0 Å². The van der Waals surface area contributed by atoms with E-state index in [1.54, 1.807) is 0 Å². The van der Waals surface area contributed by atoms with E-state index in [-0.39, 0.29) is 6.61 Å². The number of unbranched alkanes of at least 4 members (excludes halogenated alkanes) is 6. The molecule has 0 spiro atoms. The molecule has 0 radical (unpaired) electrons. The van der Waals surface area contributed by atoms with Crippen LogP contribution >= 0.6 is 7.82 Å². The van der Waals surface area contributed by atoms with Crippen molar-refractivity contribution in [3.8, 4) is 0 Å². The standard InChI is InChI=1S/C22H41O14P/c1-2-3-4-5-6-7-8-9-10-32-37(30,31)36-22-19(29)17(27)20(14(12-24)34-22)35-21-18(28)16(26)15(25)13(11-23)33-21/h2,13-29H,1,3-12H2,(H,30,31)/p-1/t13-,14-,15+,16+,17-,18-,19+,20-,21-,22-/m1/s1. The highest BCUT2D eigenvalue weighted by Crippen LogP contribution is 2.43. The summed E-state index contributed by atoms with van der Waals surface area (Å²) in [4.78, 5) is 12.2. The lowest BCUT2D eigenvalue weighted by Crippen LogP contribution is -2.64. The molecule has 2 aliphatic heterocycles. The quantitative estimate of drug-likeness (QED) is 0.0618. The third-order valence-corrected chi connectivity index (χ3v) is 7.21. The summed E-state index contributed by atoms with van der Waals surface area (Å²) in [6.07, 6.45) is -9.05. The second-order valence-corrected chi connectivity index (χ2v) is 10.5. The van der Waals surface area contributed by atoms with Crippen LogP contribution in [0.25, 0.3) is 0 Å². The third-order valence-electron chi connectivity index (χ3n) is 6.25. The Morgan fingerprint density at radius 1 is 0.784 bits per heavy atom. The van der Waals surface area contributed by atoms with Crippen molar-refractivity contribution in [3.05, 3.63) is 12.7 Å². The highest BCUT2D eigenvalue weighted by Gasteiger charge is 2.51. The number of rotatable bonds is 16. The first-order valence-corrected chi connectivity index (χ1v) is 13.9. The Morgan fingerprint density at radius 2 is 1.35 bits per heavy atom. The number of hydrogen-bond donors (Lipinski definition) is 7. The Bertz CT molecular complexity index is 709. The van der Waals surface area contributed by atoms with Gasteiger partial charge in [0, 0.05) is 0 Å². The van der Waals surface area contributed by atoms with E-state index in [4.69, 9.17) is 23.3 Å². The molecule has 2 heterocycles. The molecule has 0 aromatic carbocycles. The maximum absolute atomic E-state index is 12.2. The van der Waals surface area contributed by atoms with Gasteiger partial charge in [-0.15, -0.1) is 6.58 Å². The van der Waals surface area contributed by atoms with Crippen molar-refractivity contribution < 1.29 is 68.5 Å².